The molecule has 3 heteroatoms. The van der Waals surface area contributed by atoms with Gasteiger partial charge in [-0.1, -0.05) is 6.08 Å². The molecule has 1 heterocycles. The molecule has 0 aromatic heterocycles. The van der Waals surface area contributed by atoms with E-state index in [0.717, 1.165) is 11.9 Å². The maximum Gasteiger partial charge on any atom is 0.147 e. The zero-order chi connectivity index (χ0) is 10.3. The summed E-state index contributed by atoms with van der Waals surface area (Å²) < 4.78 is 0. The van der Waals surface area contributed by atoms with E-state index < -0.39 is 0 Å². The van der Waals surface area contributed by atoms with E-state index in [1.165, 1.54) is 0 Å². The number of rotatable bonds is 2. The lowest BCUT2D eigenvalue weighted by atomic mass is 9.98. The summed E-state index contributed by atoms with van der Waals surface area (Å²) in [5.41, 5.74) is 0.230. The molecular formula is C10H17NO2. The number of hydrogen-bond donors (Lipinski definition) is 0. The van der Waals surface area contributed by atoms with Crippen molar-refractivity contribution in [3.05, 3.63) is 11.6 Å². The highest BCUT2D eigenvalue weighted by Crippen LogP contribution is 2.38. The second-order valence-corrected chi connectivity index (χ2v) is 4.41. The zero-order valence-corrected chi connectivity index (χ0v) is 8.92. The zero-order valence-electron chi connectivity index (χ0n) is 8.92. The monoisotopic (exact) mass is 183 g/mol. The molecule has 0 radical (unpaired) electrons. The van der Waals surface area contributed by atoms with Crippen LogP contribution in [0.15, 0.2) is 11.6 Å². The highest BCUT2D eigenvalue weighted by molar-refractivity contribution is 5.78. The molecule has 0 unspecified atom stereocenters. The molecular weight excluding hydrogens is 166 g/mol. The molecule has 0 aliphatic carbocycles. The molecule has 0 saturated heterocycles. The molecule has 0 saturated carbocycles. The number of carbonyl (C=O) groups is 1. The van der Waals surface area contributed by atoms with E-state index in [0.29, 0.717) is 0 Å². The van der Waals surface area contributed by atoms with Gasteiger partial charge >= 0.3 is 0 Å². The van der Waals surface area contributed by atoms with Gasteiger partial charge in [0.2, 0.25) is 0 Å². The fraction of sp³-hybridized carbons (Fsp3) is 0.700. The van der Waals surface area contributed by atoms with Crippen molar-refractivity contribution < 1.29 is 9.63 Å². The molecule has 0 fully saturated rings. The minimum Gasteiger partial charge on any atom is -0.301 e. The molecule has 0 spiro atoms. The summed E-state index contributed by atoms with van der Waals surface area (Å²) in [4.78, 5) is 16.1. The van der Waals surface area contributed by atoms with Crippen molar-refractivity contribution in [3.8, 4) is 0 Å². The molecule has 1 rings (SSSR count). The van der Waals surface area contributed by atoms with E-state index in [9.17, 15) is 4.79 Å². The summed E-state index contributed by atoms with van der Waals surface area (Å²) in [5.74, 6) is 0. The molecule has 0 aromatic carbocycles. The van der Waals surface area contributed by atoms with E-state index >= 15 is 0 Å². The third kappa shape index (κ3) is 1.42. The number of carbonyl (C=O) groups excluding carboxylic acids is 1. The highest BCUT2D eigenvalue weighted by Gasteiger charge is 2.46. The van der Waals surface area contributed by atoms with Crippen molar-refractivity contribution in [2.45, 2.75) is 38.8 Å². The van der Waals surface area contributed by atoms with Crippen LogP contribution in [0.1, 0.15) is 27.7 Å². The quantitative estimate of drug-likeness (QED) is 0.608. The van der Waals surface area contributed by atoms with E-state index in [4.69, 9.17) is 4.84 Å². The Morgan fingerprint density at radius 1 is 1.38 bits per heavy atom. The molecule has 74 valence electrons. The van der Waals surface area contributed by atoms with Crippen molar-refractivity contribution in [3.63, 3.8) is 0 Å². The molecule has 0 amide bonds. The first-order chi connectivity index (χ1) is 5.86. The van der Waals surface area contributed by atoms with Gasteiger partial charge in [0.25, 0.3) is 0 Å². The van der Waals surface area contributed by atoms with Crippen LogP contribution in [-0.2, 0) is 9.63 Å². The smallest absolute Gasteiger partial charge is 0.147 e. The van der Waals surface area contributed by atoms with Gasteiger partial charge < -0.3 is 4.84 Å². The molecule has 0 aromatic rings. The minimum absolute atomic E-state index is 0.214. The van der Waals surface area contributed by atoms with Gasteiger partial charge in [-0.2, -0.15) is 5.06 Å². The number of aldehydes is 1. The molecule has 13 heavy (non-hydrogen) atoms. The largest absolute Gasteiger partial charge is 0.301 e. The van der Waals surface area contributed by atoms with Gasteiger partial charge in [0.15, 0.2) is 0 Å². The fourth-order valence-corrected chi connectivity index (χ4v) is 2.10. The molecule has 0 atom stereocenters. The Bertz CT molecular complexity index is 254. The van der Waals surface area contributed by atoms with Gasteiger partial charge in [-0.3, -0.25) is 4.79 Å². The van der Waals surface area contributed by atoms with Crippen LogP contribution in [0.2, 0.25) is 0 Å². The molecule has 1 aliphatic heterocycles. The first-order valence-electron chi connectivity index (χ1n) is 4.39. The van der Waals surface area contributed by atoms with E-state index in [-0.39, 0.29) is 11.1 Å². The third-order valence-electron chi connectivity index (χ3n) is 2.56. The Morgan fingerprint density at radius 3 is 2.15 bits per heavy atom. The lowest BCUT2D eigenvalue weighted by Crippen LogP contribution is -2.49. The number of hydroxylamine groups is 2. The topological polar surface area (TPSA) is 29.5 Å². The van der Waals surface area contributed by atoms with Gasteiger partial charge in [-0.05, 0) is 27.7 Å². The Hall–Kier alpha value is -0.670. The summed E-state index contributed by atoms with van der Waals surface area (Å²) in [7, 11) is 1.63. The van der Waals surface area contributed by atoms with Gasteiger partial charge in [-0.15, -0.1) is 0 Å². The van der Waals surface area contributed by atoms with Crippen molar-refractivity contribution >= 4 is 6.29 Å². The van der Waals surface area contributed by atoms with Crippen LogP contribution in [0, 0.1) is 0 Å². The Balaban J connectivity index is 3.11. The summed E-state index contributed by atoms with van der Waals surface area (Å²) in [6.07, 6.45) is 2.85. The molecule has 0 bridgehead atoms. The Kier molecular flexibility index (Phi) is 2.34. The van der Waals surface area contributed by atoms with E-state index in [1.807, 2.05) is 38.8 Å². The average Bonchev–Trinajstić information content (AvgIpc) is 2.16. The fourth-order valence-electron chi connectivity index (χ4n) is 2.10. The first-order valence-corrected chi connectivity index (χ1v) is 4.39. The van der Waals surface area contributed by atoms with E-state index in [2.05, 4.69) is 0 Å². The Morgan fingerprint density at radius 2 is 1.92 bits per heavy atom. The summed E-state index contributed by atoms with van der Waals surface area (Å²) in [6.45, 7) is 8.00. The first kappa shape index (κ1) is 10.4. The third-order valence-corrected chi connectivity index (χ3v) is 2.56. The SMILES string of the molecule is CON1C(C)(C)C=C(C=O)C1(C)C. The van der Waals surface area contributed by atoms with Gasteiger partial charge in [0.05, 0.1) is 18.2 Å². The summed E-state index contributed by atoms with van der Waals surface area (Å²) >= 11 is 0. The van der Waals surface area contributed by atoms with Crippen LogP contribution in [0.4, 0.5) is 0 Å². The summed E-state index contributed by atoms with van der Waals surface area (Å²) in [6, 6.07) is 0. The normalized spacial score (nSPS) is 25.8. The maximum absolute atomic E-state index is 10.8. The number of hydrogen-bond acceptors (Lipinski definition) is 3. The van der Waals surface area contributed by atoms with Crippen LogP contribution in [0.3, 0.4) is 0 Å². The molecule has 0 N–H and O–H groups in total. The minimum atomic E-state index is -0.333. The van der Waals surface area contributed by atoms with Crippen LogP contribution in [-0.4, -0.2) is 29.5 Å². The maximum atomic E-state index is 10.8. The molecule has 3 nitrogen and oxygen atoms in total. The van der Waals surface area contributed by atoms with Crippen molar-refractivity contribution in [2.24, 2.45) is 0 Å². The van der Waals surface area contributed by atoms with Crippen molar-refractivity contribution in [1.29, 1.82) is 0 Å². The van der Waals surface area contributed by atoms with E-state index in [1.54, 1.807) is 7.11 Å². The van der Waals surface area contributed by atoms with Crippen LogP contribution < -0.4 is 0 Å². The van der Waals surface area contributed by atoms with Crippen molar-refractivity contribution in [1.82, 2.24) is 5.06 Å². The van der Waals surface area contributed by atoms with Crippen LogP contribution in [0.25, 0.3) is 0 Å². The predicted octanol–water partition coefficient (Wildman–Crippen LogP) is 1.55. The second kappa shape index (κ2) is 2.93. The van der Waals surface area contributed by atoms with Gasteiger partial charge in [0, 0.05) is 5.57 Å². The van der Waals surface area contributed by atoms with Gasteiger partial charge in [0.1, 0.15) is 6.29 Å². The van der Waals surface area contributed by atoms with Crippen molar-refractivity contribution in [2.75, 3.05) is 7.11 Å². The second-order valence-electron chi connectivity index (χ2n) is 4.41. The average molecular weight is 183 g/mol. The van der Waals surface area contributed by atoms with Crippen LogP contribution in [0.5, 0.6) is 0 Å². The summed E-state index contributed by atoms with van der Waals surface area (Å²) in [5, 5.41) is 1.84. The standard InChI is InChI=1S/C10H17NO2/c1-9(2)6-8(7-12)10(3,4)11(9)13-5/h6-7H,1-5H3. The Labute approximate surface area is 79.3 Å². The predicted molar refractivity (Wildman–Crippen MR) is 51.2 cm³/mol. The lowest BCUT2D eigenvalue weighted by molar-refractivity contribution is -0.213. The van der Waals surface area contributed by atoms with Crippen LogP contribution >= 0.6 is 0 Å². The molecule has 1 aliphatic rings. The van der Waals surface area contributed by atoms with Gasteiger partial charge in [-0.25, -0.2) is 0 Å². The number of nitrogens with zero attached hydrogens (tertiary/aromatic N) is 1. The lowest BCUT2D eigenvalue weighted by Gasteiger charge is -2.38. The highest BCUT2D eigenvalue weighted by atomic mass is 16.7.